The summed E-state index contributed by atoms with van der Waals surface area (Å²) in [5.74, 6) is 1.79. The van der Waals surface area contributed by atoms with Crippen molar-refractivity contribution in [3.63, 3.8) is 0 Å². The number of furan rings is 1. The molecule has 1 aromatic carbocycles. The lowest BCUT2D eigenvalue weighted by molar-refractivity contribution is 0.242. The Kier molecular flexibility index (Phi) is 5.26. The van der Waals surface area contributed by atoms with Gasteiger partial charge in [0.05, 0.1) is 12.1 Å². The maximum Gasteiger partial charge on any atom is 0.169 e. The highest BCUT2D eigenvalue weighted by molar-refractivity contribution is 9.10. The van der Waals surface area contributed by atoms with Crippen molar-refractivity contribution in [2.24, 2.45) is 0 Å². The van der Waals surface area contributed by atoms with E-state index in [-0.39, 0.29) is 12.1 Å². The Bertz CT molecular complexity index is 534. The molecule has 0 radical (unpaired) electrons. The molecule has 0 saturated heterocycles. The zero-order valence-electron chi connectivity index (χ0n) is 12.0. The molecule has 0 aliphatic carbocycles. The van der Waals surface area contributed by atoms with Crippen molar-refractivity contribution in [1.29, 1.82) is 0 Å². The quantitative estimate of drug-likeness (QED) is 0.840. The molecule has 0 spiro atoms. The summed E-state index contributed by atoms with van der Waals surface area (Å²) in [6.07, 6.45) is 0.187. The third-order valence-electron chi connectivity index (χ3n) is 2.87. The van der Waals surface area contributed by atoms with Crippen molar-refractivity contribution in [2.75, 3.05) is 6.54 Å². The molecule has 0 amide bonds. The van der Waals surface area contributed by atoms with Gasteiger partial charge in [-0.15, -0.1) is 0 Å². The van der Waals surface area contributed by atoms with Crippen LogP contribution >= 0.6 is 15.9 Å². The summed E-state index contributed by atoms with van der Waals surface area (Å²) in [5, 5.41) is 3.43. The summed E-state index contributed by atoms with van der Waals surface area (Å²) in [6.45, 7) is 7.00. The monoisotopic (exact) mass is 337 g/mol. The maximum atomic E-state index is 5.67. The molecule has 3 nitrogen and oxygen atoms in total. The molecule has 1 N–H and O–H groups in total. The molecule has 2 aromatic rings. The van der Waals surface area contributed by atoms with Crippen LogP contribution in [-0.4, -0.2) is 12.6 Å². The lowest BCUT2D eigenvalue weighted by Crippen LogP contribution is -2.21. The summed E-state index contributed by atoms with van der Waals surface area (Å²) in [5.41, 5.74) is 1.16. The van der Waals surface area contributed by atoms with Crippen LogP contribution in [0.25, 0.3) is 0 Å². The Balaban J connectivity index is 2.21. The molecule has 0 saturated carbocycles. The minimum Gasteiger partial charge on any atom is -0.491 e. The van der Waals surface area contributed by atoms with E-state index in [0.29, 0.717) is 0 Å². The van der Waals surface area contributed by atoms with Crippen LogP contribution in [0.4, 0.5) is 0 Å². The number of halogens is 1. The zero-order chi connectivity index (χ0) is 14.5. The van der Waals surface area contributed by atoms with E-state index in [2.05, 4.69) is 40.3 Å². The average molecular weight is 338 g/mol. The van der Waals surface area contributed by atoms with Crippen molar-refractivity contribution in [3.05, 3.63) is 52.4 Å². The van der Waals surface area contributed by atoms with E-state index in [1.165, 1.54) is 0 Å². The molecular formula is C16H20BrNO2. The summed E-state index contributed by atoms with van der Waals surface area (Å²) in [4.78, 5) is 0. The van der Waals surface area contributed by atoms with E-state index in [1.807, 2.05) is 38.1 Å². The molecule has 2 rings (SSSR count). The van der Waals surface area contributed by atoms with Gasteiger partial charge >= 0.3 is 0 Å². The van der Waals surface area contributed by atoms with Crippen molar-refractivity contribution >= 4 is 15.9 Å². The van der Waals surface area contributed by atoms with Gasteiger partial charge in [-0.2, -0.15) is 0 Å². The third-order valence-corrected chi connectivity index (χ3v) is 3.30. The molecular weight excluding hydrogens is 318 g/mol. The molecule has 4 heteroatoms. The highest BCUT2D eigenvalue weighted by Gasteiger charge is 2.16. The Morgan fingerprint density at radius 1 is 1.15 bits per heavy atom. The van der Waals surface area contributed by atoms with Crippen LogP contribution < -0.4 is 10.1 Å². The second-order valence-corrected chi connectivity index (χ2v) is 5.65. The molecule has 1 heterocycles. The fourth-order valence-corrected chi connectivity index (χ4v) is 2.40. The van der Waals surface area contributed by atoms with Gasteiger partial charge in [-0.05, 0) is 66.2 Å². The van der Waals surface area contributed by atoms with Crippen LogP contribution in [0.5, 0.6) is 5.75 Å². The van der Waals surface area contributed by atoms with Gasteiger partial charge in [-0.3, -0.25) is 0 Å². The molecule has 1 atom stereocenters. The second-order valence-electron chi connectivity index (χ2n) is 4.87. The van der Waals surface area contributed by atoms with Crippen molar-refractivity contribution in [1.82, 2.24) is 5.32 Å². The minimum absolute atomic E-state index is 0.0550. The summed E-state index contributed by atoms with van der Waals surface area (Å²) >= 11 is 3.35. The molecule has 1 aromatic heterocycles. The normalized spacial score (nSPS) is 12.7. The minimum atomic E-state index is 0.0550. The number of nitrogens with one attached hydrogen (secondary N) is 1. The molecule has 0 aliphatic rings. The van der Waals surface area contributed by atoms with Crippen LogP contribution in [0.1, 0.15) is 38.1 Å². The standard InChI is InChI=1S/C16H20BrNO2/c1-4-18-16(14-9-10-15(17)20-14)12-5-7-13(8-6-12)19-11(2)3/h5-11,16,18H,4H2,1-3H3. The van der Waals surface area contributed by atoms with E-state index in [1.54, 1.807) is 0 Å². The highest BCUT2D eigenvalue weighted by Crippen LogP contribution is 2.27. The summed E-state index contributed by atoms with van der Waals surface area (Å²) in [7, 11) is 0. The molecule has 0 fully saturated rings. The predicted molar refractivity (Wildman–Crippen MR) is 84.1 cm³/mol. The van der Waals surface area contributed by atoms with Crippen molar-refractivity contribution < 1.29 is 9.15 Å². The van der Waals surface area contributed by atoms with Gasteiger partial charge in [-0.1, -0.05) is 19.1 Å². The Labute approximate surface area is 128 Å². The number of ether oxygens (including phenoxy) is 1. The topological polar surface area (TPSA) is 34.4 Å². The molecule has 0 bridgehead atoms. The third kappa shape index (κ3) is 3.87. The van der Waals surface area contributed by atoms with Crippen molar-refractivity contribution in [2.45, 2.75) is 32.9 Å². The number of benzene rings is 1. The Morgan fingerprint density at radius 3 is 2.35 bits per heavy atom. The Hall–Kier alpha value is -1.26. The average Bonchev–Trinajstić information content (AvgIpc) is 2.83. The zero-order valence-corrected chi connectivity index (χ0v) is 13.6. The van der Waals surface area contributed by atoms with Crippen LogP contribution in [0.3, 0.4) is 0 Å². The van der Waals surface area contributed by atoms with E-state index >= 15 is 0 Å². The van der Waals surface area contributed by atoms with Crippen LogP contribution in [-0.2, 0) is 0 Å². The first kappa shape index (κ1) is 15.1. The molecule has 1 unspecified atom stereocenters. The first-order valence-electron chi connectivity index (χ1n) is 6.85. The van der Waals surface area contributed by atoms with Gasteiger partial charge in [0.15, 0.2) is 4.67 Å². The first-order chi connectivity index (χ1) is 9.60. The smallest absolute Gasteiger partial charge is 0.169 e. The fraction of sp³-hybridized carbons (Fsp3) is 0.375. The van der Waals surface area contributed by atoms with Gasteiger partial charge in [0.25, 0.3) is 0 Å². The van der Waals surface area contributed by atoms with E-state index < -0.39 is 0 Å². The molecule has 0 aliphatic heterocycles. The van der Waals surface area contributed by atoms with Crippen LogP contribution in [0.2, 0.25) is 0 Å². The largest absolute Gasteiger partial charge is 0.491 e. The van der Waals surface area contributed by atoms with Crippen LogP contribution in [0, 0.1) is 0 Å². The van der Waals surface area contributed by atoms with Crippen molar-refractivity contribution in [3.8, 4) is 5.75 Å². The van der Waals surface area contributed by atoms with Crippen LogP contribution in [0.15, 0.2) is 45.5 Å². The predicted octanol–water partition coefficient (Wildman–Crippen LogP) is 4.53. The number of rotatable bonds is 6. The van der Waals surface area contributed by atoms with Gasteiger partial charge in [0, 0.05) is 0 Å². The maximum absolute atomic E-state index is 5.67. The van der Waals surface area contributed by atoms with Gasteiger partial charge < -0.3 is 14.5 Å². The highest BCUT2D eigenvalue weighted by atomic mass is 79.9. The first-order valence-corrected chi connectivity index (χ1v) is 7.64. The van der Waals surface area contributed by atoms with Gasteiger partial charge in [0.1, 0.15) is 11.5 Å². The lowest BCUT2D eigenvalue weighted by Gasteiger charge is -2.17. The SMILES string of the molecule is CCNC(c1ccc(OC(C)C)cc1)c1ccc(Br)o1. The number of hydrogen-bond acceptors (Lipinski definition) is 3. The van der Waals surface area contributed by atoms with E-state index in [9.17, 15) is 0 Å². The molecule has 108 valence electrons. The summed E-state index contributed by atoms with van der Waals surface area (Å²) < 4.78 is 12.1. The fourth-order valence-electron chi connectivity index (χ4n) is 2.08. The van der Waals surface area contributed by atoms with E-state index in [0.717, 1.165) is 28.3 Å². The summed E-state index contributed by atoms with van der Waals surface area (Å²) in [6, 6.07) is 12.1. The Morgan fingerprint density at radius 2 is 1.85 bits per heavy atom. The lowest BCUT2D eigenvalue weighted by atomic mass is 10.0. The van der Waals surface area contributed by atoms with Gasteiger partial charge in [-0.25, -0.2) is 0 Å². The van der Waals surface area contributed by atoms with Gasteiger partial charge in [0.2, 0.25) is 0 Å². The van der Waals surface area contributed by atoms with E-state index in [4.69, 9.17) is 9.15 Å². The second kappa shape index (κ2) is 6.95. The number of hydrogen-bond donors (Lipinski definition) is 1. The molecule has 20 heavy (non-hydrogen) atoms.